The molecule has 1 aromatic rings. The lowest BCUT2D eigenvalue weighted by Gasteiger charge is -2.10. The summed E-state index contributed by atoms with van der Waals surface area (Å²) in [5.41, 5.74) is 0.459. The lowest BCUT2D eigenvalue weighted by atomic mass is 10.0. The van der Waals surface area contributed by atoms with Gasteiger partial charge in [0.2, 0.25) is 0 Å². The predicted molar refractivity (Wildman–Crippen MR) is 78.6 cm³/mol. The highest BCUT2D eigenvalue weighted by molar-refractivity contribution is 7.14. The van der Waals surface area contributed by atoms with Crippen molar-refractivity contribution in [1.29, 1.82) is 0 Å². The van der Waals surface area contributed by atoms with E-state index >= 15 is 0 Å². The van der Waals surface area contributed by atoms with Gasteiger partial charge in [0.05, 0.1) is 10.6 Å². The SMILES string of the molecule is C[C@H](CCc1ccc(/C(CCCC(=O)[O-])=N/O)s1)CC(=O)[O-]. The largest absolute Gasteiger partial charge is 0.550 e. The molecular formula is C15H19NO5S-2. The van der Waals surface area contributed by atoms with Gasteiger partial charge < -0.3 is 25.0 Å². The fourth-order valence-corrected chi connectivity index (χ4v) is 3.10. The summed E-state index contributed by atoms with van der Waals surface area (Å²) in [6.45, 7) is 1.87. The first-order chi connectivity index (χ1) is 10.4. The molecule has 0 fully saturated rings. The number of oxime groups is 1. The van der Waals surface area contributed by atoms with Gasteiger partial charge in [-0.2, -0.15) is 0 Å². The maximum Gasteiger partial charge on any atom is 0.0967 e. The second kappa shape index (κ2) is 9.19. The van der Waals surface area contributed by atoms with Crippen LogP contribution in [0.2, 0.25) is 0 Å². The minimum atomic E-state index is -1.12. The predicted octanol–water partition coefficient (Wildman–Crippen LogP) is 0.555. The second-order valence-electron chi connectivity index (χ2n) is 5.26. The van der Waals surface area contributed by atoms with Crippen molar-refractivity contribution in [3.8, 4) is 0 Å². The van der Waals surface area contributed by atoms with Gasteiger partial charge in [-0.15, -0.1) is 11.3 Å². The van der Waals surface area contributed by atoms with E-state index in [0.29, 0.717) is 18.6 Å². The summed E-state index contributed by atoms with van der Waals surface area (Å²) in [5, 5.41) is 33.1. The average molecular weight is 325 g/mol. The quantitative estimate of drug-likeness (QED) is 0.383. The zero-order chi connectivity index (χ0) is 16.5. The van der Waals surface area contributed by atoms with Gasteiger partial charge in [0, 0.05) is 16.8 Å². The van der Waals surface area contributed by atoms with Crippen molar-refractivity contribution in [2.24, 2.45) is 11.1 Å². The zero-order valence-electron chi connectivity index (χ0n) is 12.4. The van der Waals surface area contributed by atoms with Gasteiger partial charge in [-0.3, -0.25) is 0 Å². The zero-order valence-corrected chi connectivity index (χ0v) is 13.2. The molecule has 22 heavy (non-hydrogen) atoms. The van der Waals surface area contributed by atoms with Crippen LogP contribution >= 0.6 is 11.3 Å². The van der Waals surface area contributed by atoms with Crippen molar-refractivity contribution in [2.45, 2.75) is 45.4 Å². The lowest BCUT2D eigenvalue weighted by molar-refractivity contribution is -0.307. The molecule has 1 heterocycles. The molecule has 7 heteroatoms. The molecule has 0 unspecified atom stereocenters. The van der Waals surface area contributed by atoms with E-state index in [1.165, 1.54) is 11.3 Å². The Bertz CT molecular complexity index is 538. The maximum atomic E-state index is 10.5. The van der Waals surface area contributed by atoms with E-state index in [0.717, 1.165) is 22.6 Å². The van der Waals surface area contributed by atoms with Gasteiger partial charge in [-0.25, -0.2) is 0 Å². The smallest absolute Gasteiger partial charge is 0.0967 e. The lowest BCUT2D eigenvalue weighted by Crippen LogP contribution is -2.24. The fraction of sp³-hybridized carbons (Fsp3) is 0.533. The van der Waals surface area contributed by atoms with Gasteiger partial charge >= 0.3 is 0 Å². The number of carbonyl (C=O) groups is 2. The monoisotopic (exact) mass is 325 g/mol. The summed E-state index contributed by atoms with van der Waals surface area (Å²) in [6.07, 6.45) is 2.19. The Morgan fingerprint density at radius 1 is 1.27 bits per heavy atom. The number of carboxylic acids is 2. The Labute approximate surface area is 133 Å². The van der Waals surface area contributed by atoms with Crippen molar-refractivity contribution in [1.82, 2.24) is 0 Å². The molecule has 122 valence electrons. The summed E-state index contributed by atoms with van der Waals surface area (Å²) in [7, 11) is 0. The summed E-state index contributed by atoms with van der Waals surface area (Å²) in [4.78, 5) is 22.7. The molecule has 0 amide bonds. The molecule has 0 aliphatic heterocycles. The standard InChI is InChI=1S/C15H21NO5S/c1-10(9-15(19)20)5-6-11-7-8-13(22-11)12(16-21)3-2-4-14(17)18/h7-8,10,21H,2-6,9H2,1H3,(H,17,18)(H,19,20)/p-2/b16-12+/t10-/m1/s1. The van der Waals surface area contributed by atoms with E-state index in [9.17, 15) is 19.8 Å². The van der Waals surface area contributed by atoms with Crippen LogP contribution in [0.3, 0.4) is 0 Å². The van der Waals surface area contributed by atoms with Crippen LogP contribution in [-0.2, 0) is 16.0 Å². The first-order valence-corrected chi connectivity index (χ1v) is 7.93. The van der Waals surface area contributed by atoms with Crippen LogP contribution in [0.25, 0.3) is 0 Å². The normalized spacial score (nSPS) is 13.0. The fourth-order valence-electron chi connectivity index (χ4n) is 2.07. The molecule has 1 N–H and O–H groups in total. The minimum absolute atomic E-state index is 0.0459. The molecule has 0 aliphatic rings. The number of hydrogen-bond acceptors (Lipinski definition) is 7. The maximum absolute atomic E-state index is 10.5. The Hall–Kier alpha value is -1.89. The first-order valence-electron chi connectivity index (χ1n) is 7.12. The Kier molecular flexibility index (Phi) is 7.59. The molecule has 0 aliphatic carbocycles. The molecule has 0 saturated carbocycles. The van der Waals surface area contributed by atoms with Gasteiger partial charge in [-0.1, -0.05) is 12.1 Å². The molecule has 0 spiro atoms. The third-order valence-electron chi connectivity index (χ3n) is 3.26. The van der Waals surface area contributed by atoms with Crippen LogP contribution < -0.4 is 10.2 Å². The van der Waals surface area contributed by atoms with Gasteiger partial charge in [0.1, 0.15) is 0 Å². The van der Waals surface area contributed by atoms with E-state index in [2.05, 4.69) is 5.16 Å². The van der Waals surface area contributed by atoms with Crippen molar-refractivity contribution in [3.05, 3.63) is 21.9 Å². The van der Waals surface area contributed by atoms with Crippen LogP contribution in [0.1, 0.15) is 48.8 Å². The number of aryl methyl sites for hydroxylation is 1. The van der Waals surface area contributed by atoms with E-state index in [-0.39, 0.29) is 18.8 Å². The Balaban J connectivity index is 2.51. The first kappa shape index (κ1) is 18.2. The molecular weight excluding hydrogens is 306 g/mol. The van der Waals surface area contributed by atoms with Crippen molar-refractivity contribution in [3.63, 3.8) is 0 Å². The van der Waals surface area contributed by atoms with Crippen LogP contribution in [0.5, 0.6) is 0 Å². The number of thiophene rings is 1. The van der Waals surface area contributed by atoms with Gasteiger partial charge in [0.15, 0.2) is 0 Å². The van der Waals surface area contributed by atoms with Gasteiger partial charge in [-0.05, 0) is 56.6 Å². The second-order valence-corrected chi connectivity index (χ2v) is 6.43. The molecule has 0 radical (unpaired) electrons. The Morgan fingerprint density at radius 2 is 2.00 bits per heavy atom. The van der Waals surface area contributed by atoms with Crippen molar-refractivity contribution in [2.75, 3.05) is 0 Å². The van der Waals surface area contributed by atoms with Crippen LogP contribution in [0.15, 0.2) is 17.3 Å². The average Bonchev–Trinajstić information content (AvgIpc) is 2.89. The minimum Gasteiger partial charge on any atom is -0.550 e. The highest BCUT2D eigenvalue weighted by atomic mass is 32.1. The van der Waals surface area contributed by atoms with Crippen LogP contribution in [-0.4, -0.2) is 22.9 Å². The molecule has 1 atom stereocenters. The Morgan fingerprint density at radius 3 is 2.59 bits per heavy atom. The number of aliphatic carboxylic acids is 2. The topological polar surface area (TPSA) is 113 Å². The highest BCUT2D eigenvalue weighted by Crippen LogP contribution is 2.22. The summed E-state index contributed by atoms with van der Waals surface area (Å²) >= 11 is 1.47. The molecule has 1 aromatic heterocycles. The number of carbonyl (C=O) groups excluding carboxylic acids is 2. The number of rotatable bonds is 10. The summed E-state index contributed by atoms with van der Waals surface area (Å²) in [5.74, 6) is -2.11. The third-order valence-corrected chi connectivity index (χ3v) is 4.45. The van der Waals surface area contributed by atoms with Crippen LogP contribution in [0, 0.1) is 5.92 Å². The van der Waals surface area contributed by atoms with E-state index < -0.39 is 11.9 Å². The van der Waals surface area contributed by atoms with Crippen LogP contribution in [0.4, 0.5) is 0 Å². The number of hydrogen-bond donors (Lipinski definition) is 1. The van der Waals surface area contributed by atoms with E-state index in [1.54, 1.807) is 0 Å². The molecule has 1 rings (SSSR count). The molecule has 0 saturated heterocycles. The van der Waals surface area contributed by atoms with E-state index in [1.807, 2.05) is 19.1 Å². The molecule has 0 bridgehead atoms. The van der Waals surface area contributed by atoms with Crippen molar-refractivity contribution >= 4 is 29.0 Å². The summed E-state index contributed by atoms with van der Waals surface area (Å²) < 4.78 is 0. The summed E-state index contributed by atoms with van der Waals surface area (Å²) in [6, 6.07) is 3.74. The van der Waals surface area contributed by atoms with Gasteiger partial charge in [0.25, 0.3) is 0 Å². The van der Waals surface area contributed by atoms with E-state index in [4.69, 9.17) is 5.21 Å². The number of nitrogens with zero attached hydrogens (tertiary/aromatic N) is 1. The molecule has 0 aromatic carbocycles. The number of carboxylic acid groups (broad SMARTS) is 2. The highest BCUT2D eigenvalue weighted by Gasteiger charge is 2.10. The molecule has 6 nitrogen and oxygen atoms in total. The third kappa shape index (κ3) is 6.71. The van der Waals surface area contributed by atoms with Crippen molar-refractivity contribution < 1.29 is 25.0 Å².